The Hall–Kier alpha value is -2.05. The molecule has 0 amide bonds. The normalized spacial score (nSPS) is 9.76. The number of carbonyl (C=O) groups is 1. The molecule has 0 spiro atoms. The van der Waals surface area contributed by atoms with E-state index in [9.17, 15) is 4.79 Å². The van der Waals surface area contributed by atoms with Crippen molar-refractivity contribution in [1.29, 1.82) is 0 Å². The molecule has 0 unspecified atom stereocenters. The fourth-order valence-electron chi connectivity index (χ4n) is 1.06. The van der Waals surface area contributed by atoms with Gasteiger partial charge in [0.15, 0.2) is 0 Å². The first-order valence-corrected chi connectivity index (χ1v) is 5.23. The Morgan fingerprint density at radius 1 is 1.35 bits per heavy atom. The van der Waals surface area contributed by atoms with Gasteiger partial charge >= 0.3 is 5.97 Å². The molecule has 3 heteroatoms. The van der Waals surface area contributed by atoms with Gasteiger partial charge in [-0.05, 0) is 25.1 Å². The quantitative estimate of drug-likeness (QED) is 0.485. The number of benzene rings is 1. The summed E-state index contributed by atoms with van der Waals surface area (Å²) in [5.41, 5.74) is 1.92. The lowest BCUT2D eigenvalue weighted by molar-refractivity contribution is -0.135. The Morgan fingerprint density at radius 3 is 2.71 bits per heavy atom. The summed E-state index contributed by atoms with van der Waals surface area (Å²) in [6.45, 7) is 2.05. The minimum Gasteiger partial charge on any atom is -0.452 e. The lowest BCUT2D eigenvalue weighted by atomic mass is 10.2. The number of rotatable bonds is 3. The van der Waals surface area contributed by atoms with E-state index in [1.54, 1.807) is 6.08 Å². The third-order valence-corrected chi connectivity index (χ3v) is 1.94. The number of esters is 1. The highest BCUT2D eigenvalue weighted by Gasteiger charge is 1.93. The largest absolute Gasteiger partial charge is 0.452 e. The highest BCUT2D eigenvalue weighted by atomic mass is 16.5. The topological polar surface area (TPSA) is 46.5 Å². The standard InChI is InChI=1S/C14H14O3/c1-12-4-6-13(7-5-12)8-9-14(16)17-11-3-2-10-15/h2-7,15H,10-11H2,1H3/b3-2-. The first kappa shape index (κ1) is 13.0. The first-order chi connectivity index (χ1) is 8.22. The van der Waals surface area contributed by atoms with Crippen molar-refractivity contribution < 1.29 is 14.6 Å². The van der Waals surface area contributed by atoms with Gasteiger partial charge in [0.1, 0.15) is 6.61 Å². The third-order valence-electron chi connectivity index (χ3n) is 1.94. The number of carbonyl (C=O) groups excluding carboxylic acids is 1. The second-order valence-corrected chi connectivity index (χ2v) is 3.37. The minimum atomic E-state index is -0.576. The summed E-state index contributed by atoms with van der Waals surface area (Å²) in [5, 5.41) is 8.45. The van der Waals surface area contributed by atoms with Crippen molar-refractivity contribution >= 4 is 5.97 Å². The number of ether oxygens (including phenoxy) is 1. The van der Waals surface area contributed by atoms with Gasteiger partial charge in [0.05, 0.1) is 6.61 Å². The monoisotopic (exact) mass is 230 g/mol. The number of hydrogen-bond acceptors (Lipinski definition) is 3. The molecule has 1 aromatic rings. The van der Waals surface area contributed by atoms with Gasteiger partial charge in [0.25, 0.3) is 0 Å². The summed E-state index contributed by atoms with van der Waals surface area (Å²) in [6.07, 6.45) is 3.06. The van der Waals surface area contributed by atoms with E-state index in [1.807, 2.05) is 31.2 Å². The molecule has 1 N–H and O–H groups in total. The molecule has 0 atom stereocenters. The van der Waals surface area contributed by atoms with Crippen LogP contribution in [0.5, 0.6) is 0 Å². The molecule has 0 heterocycles. The van der Waals surface area contributed by atoms with Crippen molar-refractivity contribution in [3.63, 3.8) is 0 Å². The average molecular weight is 230 g/mol. The van der Waals surface area contributed by atoms with Crippen LogP contribution in [0.4, 0.5) is 0 Å². The summed E-state index contributed by atoms with van der Waals surface area (Å²) in [4.78, 5) is 11.2. The predicted molar refractivity (Wildman–Crippen MR) is 65.2 cm³/mol. The van der Waals surface area contributed by atoms with Crippen molar-refractivity contribution in [1.82, 2.24) is 0 Å². The summed E-state index contributed by atoms with van der Waals surface area (Å²) in [5.74, 6) is 4.53. The van der Waals surface area contributed by atoms with E-state index in [0.29, 0.717) is 0 Å². The molecule has 0 bridgehead atoms. The Balaban J connectivity index is 2.46. The molecule has 3 nitrogen and oxygen atoms in total. The highest BCUT2D eigenvalue weighted by molar-refractivity contribution is 5.89. The molecule has 0 saturated heterocycles. The smallest absolute Gasteiger partial charge is 0.385 e. The van der Waals surface area contributed by atoms with E-state index >= 15 is 0 Å². The fourth-order valence-corrected chi connectivity index (χ4v) is 1.06. The second kappa shape index (κ2) is 7.26. The number of aliphatic hydroxyl groups is 1. The van der Waals surface area contributed by atoms with Crippen LogP contribution in [0.1, 0.15) is 11.1 Å². The Morgan fingerprint density at radius 2 is 2.06 bits per heavy atom. The molecule has 1 aromatic carbocycles. The van der Waals surface area contributed by atoms with Crippen LogP contribution in [0.15, 0.2) is 36.4 Å². The summed E-state index contributed by atoms with van der Waals surface area (Å²) < 4.78 is 4.78. The van der Waals surface area contributed by atoms with E-state index in [0.717, 1.165) is 11.1 Å². The van der Waals surface area contributed by atoms with Crippen LogP contribution in [0, 0.1) is 18.8 Å². The average Bonchev–Trinajstić information content (AvgIpc) is 2.34. The van der Waals surface area contributed by atoms with Crippen molar-refractivity contribution in [3.8, 4) is 11.8 Å². The van der Waals surface area contributed by atoms with E-state index in [-0.39, 0.29) is 13.2 Å². The molecule has 88 valence electrons. The molecule has 0 aliphatic heterocycles. The molecule has 0 fully saturated rings. The molecular formula is C14H14O3. The number of aryl methyl sites for hydroxylation is 1. The van der Waals surface area contributed by atoms with Gasteiger partial charge in [0, 0.05) is 11.5 Å². The Bertz CT molecular complexity index is 447. The molecule has 0 aliphatic carbocycles. The highest BCUT2D eigenvalue weighted by Crippen LogP contribution is 2.00. The molecular weight excluding hydrogens is 216 g/mol. The Kier molecular flexibility index (Phi) is 5.56. The van der Waals surface area contributed by atoms with Gasteiger partial charge in [-0.15, -0.1) is 0 Å². The molecule has 1 rings (SSSR count). The van der Waals surface area contributed by atoms with Crippen LogP contribution in [-0.2, 0) is 9.53 Å². The molecule has 17 heavy (non-hydrogen) atoms. The van der Waals surface area contributed by atoms with E-state index in [2.05, 4.69) is 11.8 Å². The van der Waals surface area contributed by atoms with E-state index in [4.69, 9.17) is 9.84 Å². The predicted octanol–water partition coefficient (Wildman–Crippen LogP) is 1.44. The van der Waals surface area contributed by atoms with Gasteiger partial charge in [-0.1, -0.05) is 29.7 Å². The van der Waals surface area contributed by atoms with Crippen LogP contribution >= 0.6 is 0 Å². The molecule has 0 radical (unpaired) electrons. The van der Waals surface area contributed by atoms with E-state index in [1.165, 1.54) is 6.08 Å². The lowest BCUT2D eigenvalue weighted by Crippen LogP contribution is -2.00. The van der Waals surface area contributed by atoms with Crippen LogP contribution in [0.2, 0.25) is 0 Å². The van der Waals surface area contributed by atoms with Crippen LogP contribution in [-0.4, -0.2) is 24.3 Å². The zero-order chi connectivity index (χ0) is 12.5. The second-order valence-electron chi connectivity index (χ2n) is 3.37. The maximum atomic E-state index is 11.2. The molecule has 0 aliphatic rings. The van der Waals surface area contributed by atoms with Crippen LogP contribution in [0.25, 0.3) is 0 Å². The number of hydrogen-bond donors (Lipinski definition) is 1. The van der Waals surface area contributed by atoms with Gasteiger partial charge in [-0.2, -0.15) is 0 Å². The molecule has 0 saturated carbocycles. The van der Waals surface area contributed by atoms with Crippen molar-refractivity contribution in [2.24, 2.45) is 0 Å². The summed E-state index contributed by atoms with van der Waals surface area (Å²) in [6, 6.07) is 7.56. The Labute approximate surface area is 101 Å². The van der Waals surface area contributed by atoms with Gasteiger partial charge < -0.3 is 9.84 Å². The summed E-state index contributed by atoms with van der Waals surface area (Å²) >= 11 is 0. The van der Waals surface area contributed by atoms with Gasteiger partial charge in [0.2, 0.25) is 0 Å². The minimum absolute atomic E-state index is 0.0629. The maximum Gasteiger partial charge on any atom is 0.385 e. The maximum absolute atomic E-state index is 11.2. The number of aliphatic hydroxyl groups excluding tert-OH is 1. The van der Waals surface area contributed by atoms with Gasteiger partial charge in [-0.25, -0.2) is 4.79 Å². The van der Waals surface area contributed by atoms with Crippen LogP contribution < -0.4 is 0 Å². The fraction of sp³-hybridized carbons (Fsp3) is 0.214. The zero-order valence-corrected chi connectivity index (χ0v) is 9.64. The SMILES string of the molecule is Cc1ccc(C#CC(=O)OC/C=C\CO)cc1. The first-order valence-electron chi connectivity index (χ1n) is 5.23. The summed E-state index contributed by atoms with van der Waals surface area (Å²) in [7, 11) is 0. The van der Waals surface area contributed by atoms with Crippen LogP contribution in [0.3, 0.4) is 0 Å². The van der Waals surface area contributed by atoms with Crippen molar-refractivity contribution in [2.45, 2.75) is 6.92 Å². The van der Waals surface area contributed by atoms with E-state index < -0.39 is 5.97 Å². The van der Waals surface area contributed by atoms with Crippen molar-refractivity contribution in [3.05, 3.63) is 47.5 Å². The van der Waals surface area contributed by atoms with Gasteiger partial charge in [-0.3, -0.25) is 0 Å². The zero-order valence-electron chi connectivity index (χ0n) is 9.64. The lowest BCUT2D eigenvalue weighted by Gasteiger charge is -1.94. The third kappa shape index (κ3) is 5.55. The van der Waals surface area contributed by atoms with Crippen molar-refractivity contribution in [2.75, 3.05) is 13.2 Å². The molecule has 0 aromatic heterocycles.